The monoisotopic (exact) mass is 517 g/mol. The number of hydrogen-bond donors (Lipinski definition) is 0. The average molecular weight is 518 g/mol. The SMILES string of the molecule is c1ccc(-c2cc(-c3ccccc3)nc(-c3ccccc3-c3ccc4sc(-c5ccccc5)nc4c3)n2)cc1. The van der Waals surface area contributed by atoms with Gasteiger partial charge in [0.2, 0.25) is 0 Å². The summed E-state index contributed by atoms with van der Waals surface area (Å²) in [5, 5.41) is 1.03. The quantitative estimate of drug-likeness (QED) is 0.228. The Bertz CT molecular complexity index is 1840. The first-order chi connectivity index (χ1) is 19.3. The van der Waals surface area contributed by atoms with E-state index in [2.05, 4.69) is 97.1 Å². The highest BCUT2D eigenvalue weighted by molar-refractivity contribution is 7.21. The van der Waals surface area contributed by atoms with E-state index in [1.807, 2.05) is 42.5 Å². The zero-order chi connectivity index (χ0) is 26.0. The number of benzene rings is 5. The summed E-state index contributed by atoms with van der Waals surface area (Å²) in [4.78, 5) is 15.1. The predicted molar refractivity (Wildman–Crippen MR) is 162 cm³/mol. The average Bonchev–Trinajstić information content (AvgIpc) is 3.46. The van der Waals surface area contributed by atoms with E-state index in [1.54, 1.807) is 11.3 Å². The molecule has 0 aliphatic rings. The molecule has 0 aliphatic carbocycles. The molecule has 0 amide bonds. The molecule has 0 aliphatic heterocycles. The van der Waals surface area contributed by atoms with Gasteiger partial charge in [-0.25, -0.2) is 15.0 Å². The van der Waals surface area contributed by atoms with Gasteiger partial charge in [-0.15, -0.1) is 11.3 Å². The van der Waals surface area contributed by atoms with Gasteiger partial charge in [0.25, 0.3) is 0 Å². The molecule has 2 aromatic heterocycles. The van der Waals surface area contributed by atoms with Gasteiger partial charge in [0.15, 0.2) is 5.82 Å². The third kappa shape index (κ3) is 4.63. The van der Waals surface area contributed by atoms with Crippen molar-refractivity contribution in [3.63, 3.8) is 0 Å². The number of fused-ring (bicyclic) bond motifs is 1. The van der Waals surface area contributed by atoms with Crippen LogP contribution in [0.4, 0.5) is 0 Å². The van der Waals surface area contributed by atoms with Gasteiger partial charge in [-0.1, -0.05) is 121 Å². The van der Waals surface area contributed by atoms with Crippen molar-refractivity contribution in [2.75, 3.05) is 0 Å². The van der Waals surface area contributed by atoms with E-state index in [-0.39, 0.29) is 0 Å². The normalized spacial score (nSPS) is 11.1. The molecule has 0 spiro atoms. The first-order valence-corrected chi connectivity index (χ1v) is 13.7. The molecule has 184 valence electrons. The van der Waals surface area contributed by atoms with Crippen LogP contribution in [0.1, 0.15) is 0 Å². The molecule has 0 unspecified atom stereocenters. The Morgan fingerprint density at radius 2 is 0.949 bits per heavy atom. The summed E-state index contributed by atoms with van der Waals surface area (Å²) in [5.74, 6) is 0.703. The summed E-state index contributed by atoms with van der Waals surface area (Å²) in [6.07, 6.45) is 0. The van der Waals surface area contributed by atoms with Crippen molar-refractivity contribution >= 4 is 21.6 Å². The summed E-state index contributed by atoms with van der Waals surface area (Å²) >= 11 is 1.72. The Labute approximate surface area is 231 Å². The lowest BCUT2D eigenvalue weighted by Crippen LogP contribution is -1.97. The fourth-order valence-electron chi connectivity index (χ4n) is 4.81. The van der Waals surface area contributed by atoms with Crippen LogP contribution >= 0.6 is 11.3 Å². The fourth-order valence-corrected chi connectivity index (χ4v) is 5.76. The second kappa shape index (κ2) is 10.1. The maximum atomic E-state index is 5.07. The van der Waals surface area contributed by atoms with E-state index in [0.29, 0.717) is 5.82 Å². The topological polar surface area (TPSA) is 38.7 Å². The molecule has 3 nitrogen and oxygen atoms in total. The second-order valence-electron chi connectivity index (χ2n) is 9.31. The molecule has 0 atom stereocenters. The predicted octanol–water partition coefficient (Wildman–Crippen LogP) is 9.42. The van der Waals surface area contributed by atoms with Crippen LogP contribution < -0.4 is 0 Å². The van der Waals surface area contributed by atoms with Crippen molar-refractivity contribution in [3.05, 3.63) is 140 Å². The summed E-state index contributed by atoms with van der Waals surface area (Å²) in [5.41, 5.74) is 9.23. The number of thiazole rings is 1. The van der Waals surface area contributed by atoms with E-state index in [4.69, 9.17) is 15.0 Å². The molecule has 39 heavy (non-hydrogen) atoms. The molecule has 7 rings (SSSR count). The van der Waals surface area contributed by atoms with Crippen LogP contribution in [0.25, 0.3) is 65.8 Å². The molecule has 2 heterocycles. The van der Waals surface area contributed by atoms with Gasteiger partial charge >= 0.3 is 0 Å². The van der Waals surface area contributed by atoms with E-state index >= 15 is 0 Å². The van der Waals surface area contributed by atoms with E-state index in [0.717, 1.165) is 55.3 Å². The van der Waals surface area contributed by atoms with Crippen LogP contribution in [0, 0.1) is 0 Å². The zero-order valence-corrected chi connectivity index (χ0v) is 21.8. The lowest BCUT2D eigenvalue weighted by atomic mass is 9.98. The maximum Gasteiger partial charge on any atom is 0.161 e. The van der Waals surface area contributed by atoms with Crippen LogP contribution in [-0.4, -0.2) is 15.0 Å². The van der Waals surface area contributed by atoms with E-state index in [1.165, 1.54) is 4.70 Å². The Kier molecular flexibility index (Phi) is 6.00. The highest BCUT2D eigenvalue weighted by Gasteiger charge is 2.15. The van der Waals surface area contributed by atoms with E-state index < -0.39 is 0 Å². The number of hydrogen-bond acceptors (Lipinski definition) is 4. The lowest BCUT2D eigenvalue weighted by Gasteiger charge is -2.12. The van der Waals surface area contributed by atoms with Gasteiger partial charge in [0.1, 0.15) is 5.01 Å². The van der Waals surface area contributed by atoms with Gasteiger partial charge in [0, 0.05) is 22.3 Å². The number of rotatable bonds is 5. The minimum Gasteiger partial charge on any atom is -0.236 e. The van der Waals surface area contributed by atoms with Crippen molar-refractivity contribution in [2.45, 2.75) is 0 Å². The smallest absolute Gasteiger partial charge is 0.161 e. The lowest BCUT2D eigenvalue weighted by molar-refractivity contribution is 1.18. The van der Waals surface area contributed by atoms with Gasteiger partial charge in [-0.2, -0.15) is 0 Å². The van der Waals surface area contributed by atoms with Crippen LogP contribution in [-0.2, 0) is 0 Å². The summed E-state index contributed by atoms with van der Waals surface area (Å²) in [7, 11) is 0. The highest BCUT2D eigenvalue weighted by atomic mass is 32.1. The van der Waals surface area contributed by atoms with Gasteiger partial charge < -0.3 is 0 Å². The molecular weight excluding hydrogens is 494 g/mol. The molecule has 0 saturated heterocycles. The van der Waals surface area contributed by atoms with Crippen LogP contribution in [0.15, 0.2) is 140 Å². The number of aromatic nitrogens is 3. The van der Waals surface area contributed by atoms with Gasteiger partial charge in [-0.3, -0.25) is 0 Å². The maximum absolute atomic E-state index is 5.07. The minimum absolute atomic E-state index is 0.703. The van der Waals surface area contributed by atoms with Crippen LogP contribution in [0.5, 0.6) is 0 Å². The molecule has 0 fully saturated rings. The molecule has 0 saturated carbocycles. The Morgan fingerprint density at radius 1 is 0.410 bits per heavy atom. The second-order valence-corrected chi connectivity index (χ2v) is 10.3. The molecule has 0 radical (unpaired) electrons. The molecule has 0 N–H and O–H groups in total. The van der Waals surface area contributed by atoms with Crippen molar-refractivity contribution in [1.29, 1.82) is 0 Å². The zero-order valence-electron chi connectivity index (χ0n) is 21.0. The molecule has 7 aromatic rings. The summed E-state index contributed by atoms with van der Waals surface area (Å²) in [6, 6.07) is 47.9. The fraction of sp³-hybridized carbons (Fsp3) is 0. The molecule has 0 bridgehead atoms. The van der Waals surface area contributed by atoms with E-state index in [9.17, 15) is 0 Å². The Morgan fingerprint density at radius 3 is 1.56 bits per heavy atom. The van der Waals surface area contributed by atoms with Gasteiger partial charge in [-0.05, 0) is 29.3 Å². The van der Waals surface area contributed by atoms with Crippen molar-refractivity contribution < 1.29 is 0 Å². The van der Waals surface area contributed by atoms with Gasteiger partial charge in [0.05, 0.1) is 21.6 Å². The molecular formula is C35H23N3S. The highest BCUT2D eigenvalue weighted by Crippen LogP contribution is 2.37. The minimum atomic E-state index is 0.703. The third-order valence-corrected chi connectivity index (χ3v) is 7.84. The standard InChI is InChI=1S/C35H23N3S/c1-4-12-24(13-5-1)30-23-31(25-14-6-2-7-15-25)37-34(36-30)29-19-11-10-18-28(29)27-20-21-33-32(22-27)38-35(39-33)26-16-8-3-9-17-26/h1-23H. The van der Waals surface area contributed by atoms with Crippen molar-refractivity contribution in [3.8, 4) is 55.6 Å². The first-order valence-electron chi connectivity index (χ1n) is 12.9. The first kappa shape index (κ1) is 23.2. The number of nitrogens with zero attached hydrogens (tertiary/aromatic N) is 3. The molecule has 5 aromatic carbocycles. The van der Waals surface area contributed by atoms with Crippen molar-refractivity contribution in [2.24, 2.45) is 0 Å². The van der Waals surface area contributed by atoms with Crippen molar-refractivity contribution in [1.82, 2.24) is 15.0 Å². The summed E-state index contributed by atoms with van der Waals surface area (Å²) in [6.45, 7) is 0. The molecule has 4 heteroatoms. The van der Waals surface area contributed by atoms with Crippen LogP contribution in [0.3, 0.4) is 0 Å². The third-order valence-electron chi connectivity index (χ3n) is 6.75. The summed E-state index contributed by atoms with van der Waals surface area (Å²) < 4.78 is 1.17. The Balaban J connectivity index is 1.37. The van der Waals surface area contributed by atoms with Crippen LogP contribution in [0.2, 0.25) is 0 Å². The largest absolute Gasteiger partial charge is 0.236 e. The Hall–Kier alpha value is -4.93.